The van der Waals surface area contributed by atoms with E-state index >= 15 is 0 Å². The summed E-state index contributed by atoms with van der Waals surface area (Å²) in [5, 5.41) is 0. The van der Waals surface area contributed by atoms with Crippen molar-refractivity contribution in [2.45, 2.75) is 62.9 Å². The van der Waals surface area contributed by atoms with Gasteiger partial charge in [-0.25, -0.2) is 18.1 Å². The van der Waals surface area contributed by atoms with Crippen molar-refractivity contribution in [3.63, 3.8) is 0 Å². The molecule has 1 aliphatic carbocycles. The number of rotatable bonds is 5. The molecule has 0 atom stereocenters. The molecule has 3 aromatic carbocycles. The van der Waals surface area contributed by atoms with Crippen LogP contribution in [0.4, 0.5) is 0 Å². The van der Waals surface area contributed by atoms with E-state index in [0.717, 1.165) is 41.9 Å². The Kier molecular flexibility index (Phi) is 6.35. The van der Waals surface area contributed by atoms with Crippen LogP contribution in [-0.4, -0.2) is 29.6 Å². The van der Waals surface area contributed by atoms with Crippen molar-refractivity contribution in [2.24, 2.45) is 4.99 Å². The standard InChI is InChI=1S/C30H30N4O3S/c1-20-16-24-17-21(12-13-23(24)19-31-20)29-32-27-18-22(14-15-28(27)34(29)25-8-4-2-5-9-25)30(35)33-38(36,37)26-10-6-3-7-11-26/h3,6-7,10-15,17-18,25H,2,4-5,8-9,16,19H2,1H3,(H,33,35). The molecular weight excluding hydrogens is 496 g/mol. The maximum atomic E-state index is 13.0. The molecule has 194 valence electrons. The summed E-state index contributed by atoms with van der Waals surface area (Å²) in [6.07, 6.45) is 6.63. The Hall–Kier alpha value is -3.78. The Morgan fingerprint density at radius 1 is 0.947 bits per heavy atom. The Balaban J connectivity index is 1.40. The number of fused-ring (bicyclic) bond motifs is 2. The van der Waals surface area contributed by atoms with Gasteiger partial charge in [0.2, 0.25) is 0 Å². The number of sulfonamides is 1. The number of nitrogens with zero attached hydrogens (tertiary/aromatic N) is 3. The van der Waals surface area contributed by atoms with Crippen molar-refractivity contribution in [3.05, 3.63) is 83.4 Å². The fourth-order valence-corrected chi connectivity index (χ4v) is 6.62. The first-order valence-electron chi connectivity index (χ1n) is 13.2. The predicted octanol–water partition coefficient (Wildman–Crippen LogP) is 5.84. The van der Waals surface area contributed by atoms with Crippen LogP contribution in [-0.2, 0) is 23.0 Å². The highest BCUT2D eigenvalue weighted by molar-refractivity contribution is 7.90. The van der Waals surface area contributed by atoms with E-state index < -0.39 is 15.9 Å². The third-order valence-corrected chi connectivity index (χ3v) is 8.95. The minimum absolute atomic E-state index is 0.0472. The number of nitrogens with one attached hydrogen (secondary N) is 1. The van der Waals surface area contributed by atoms with Crippen LogP contribution < -0.4 is 4.72 Å². The fraction of sp³-hybridized carbons (Fsp3) is 0.300. The Labute approximate surface area is 222 Å². The molecule has 0 spiro atoms. The summed E-state index contributed by atoms with van der Waals surface area (Å²) in [7, 11) is -3.97. The van der Waals surface area contributed by atoms with E-state index in [0.29, 0.717) is 18.1 Å². The van der Waals surface area contributed by atoms with Crippen molar-refractivity contribution < 1.29 is 13.2 Å². The third-order valence-electron chi connectivity index (χ3n) is 7.60. The third kappa shape index (κ3) is 4.65. The van der Waals surface area contributed by atoms with Crippen LogP contribution >= 0.6 is 0 Å². The fourth-order valence-electron chi connectivity index (χ4n) is 5.63. The monoisotopic (exact) mass is 526 g/mol. The van der Waals surface area contributed by atoms with Crippen molar-refractivity contribution in [2.75, 3.05) is 0 Å². The maximum absolute atomic E-state index is 13.0. The second-order valence-electron chi connectivity index (χ2n) is 10.3. The van der Waals surface area contributed by atoms with Gasteiger partial charge in [-0.3, -0.25) is 9.79 Å². The van der Waals surface area contributed by atoms with Gasteiger partial charge in [0.1, 0.15) is 5.82 Å². The van der Waals surface area contributed by atoms with Gasteiger partial charge in [-0.15, -0.1) is 0 Å². The molecule has 2 aliphatic rings. The van der Waals surface area contributed by atoms with E-state index in [1.807, 2.05) is 6.07 Å². The molecule has 1 saturated carbocycles. The summed E-state index contributed by atoms with van der Waals surface area (Å²) in [6, 6.07) is 20.0. The lowest BCUT2D eigenvalue weighted by molar-refractivity contribution is 0.0981. The molecule has 1 fully saturated rings. The Bertz CT molecular complexity index is 1670. The first kappa shape index (κ1) is 24.6. The summed E-state index contributed by atoms with van der Waals surface area (Å²) in [5.74, 6) is 0.220. The van der Waals surface area contributed by atoms with Crippen LogP contribution in [0.5, 0.6) is 0 Å². The van der Waals surface area contributed by atoms with Gasteiger partial charge in [0.05, 0.1) is 22.5 Å². The molecule has 38 heavy (non-hydrogen) atoms. The summed E-state index contributed by atoms with van der Waals surface area (Å²) in [6.45, 7) is 2.78. The Morgan fingerprint density at radius 3 is 2.53 bits per heavy atom. The molecule has 0 radical (unpaired) electrons. The molecule has 1 aromatic heterocycles. The second-order valence-corrected chi connectivity index (χ2v) is 11.9. The summed E-state index contributed by atoms with van der Waals surface area (Å²) < 4.78 is 30.0. The van der Waals surface area contributed by atoms with Crippen LogP contribution in [0.3, 0.4) is 0 Å². The van der Waals surface area contributed by atoms with Crippen molar-refractivity contribution in [3.8, 4) is 11.4 Å². The lowest BCUT2D eigenvalue weighted by Crippen LogP contribution is -2.30. The number of aromatic nitrogens is 2. The van der Waals surface area contributed by atoms with Gasteiger partial charge in [0.15, 0.2) is 0 Å². The maximum Gasteiger partial charge on any atom is 0.265 e. The van der Waals surface area contributed by atoms with E-state index in [1.165, 1.54) is 42.5 Å². The molecule has 7 nitrogen and oxygen atoms in total. The highest BCUT2D eigenvalue weighted by Crippen LogP contribution is 2.37. The predicted molar refractivity (Wildman–Crippen MR) is 149 cm³/mol. The number of carbonyl (C=O) groups is 1. The minimum atomic E-state index is -3.97. The van der Waals surface area contributed by atoms with Crippen molar-refractivity contribution >= 4 is 32.7 Å². The summed E-state index contributed by atoms with van der Waals surface area (Å²) >= 11 is 0. The van der Waals surface area contributed by atoms with E-state index in [4.69, 9.17) is 4.98 Å². The molecule has 2 heterocycles. The zero-order valence-electron chi connectivity index (χ0n) is 21.4. The molecule has 1 amide bonds. The number of imidazole rings is 1. The van der Waals surface area contributed by atoms with Crippen LogP contribution in [0.25, 0.3) is 22.4 Å². The highest BCUT2D eigenvalue weighted by Gasteiger charge is 2.25. The number of aliphatic imine (C=N–C) groups is 1. The minimum Gasteiger partial charge on any atom is -0.321 e. The SMILES string of the molecule is CC1=NCc2ccc(-c3nc4cc(C(=O)NS(=O)(=O)c5ccccc5)ccc4n3C3CCCCC3)cc2C1. The van der Waals surface area contributed by atoms with Crippen molar-refractivity contribution in [1.82, 2.24) is 14.3 Å². The van der Waals surface area contributed by atoms with E-state index in [-0.39, 0.29) is 10.5 Å². The second kappa shape index (κ2) is 9.83. The molecule has 0 bridgehead atoms. The first-order valence-corrected chi connectivity index (χ1v) is 14.6. The van der Waals surface area contributed by atoms with Crippen LogP contribution in [0.15, 0.2) is 76.6 Å². The molecular formula is C30H30N4O3S. The zero-order valence-corrected chi connectivity index (χ0v) is 22.2. The lowest BCUT2D eigenvalue weighted by atomic mass is 9.94. The van der Waals surface area contributed by atoms with Crippen molar-refractivity contribution in [1.29, 1.82) is 0 Å². The molecule has 1 aliphatic heterocycles. The molecule has 0 saturated heterocycles. The Morgan fingerprint density at radius 2 is 1.74 bits per heavy atom. The first-order chi connectivity index (χ1) is 18.4. The largest absolute Gasteiger partial charge is 0.321 e. The van der Waals surface area contributed by atoms with Gasteiger partial charge in [-0.05, 0) is 67.3 Å². The smallest absolute Gasteiger partial charge is 0.265 e. The quantitative estimate of drug-likeness (QED) is 0.353. The number of benzene rings is 3. The van der Waals surface area contributed by atoms with E-state index in [9.17, 15) is 13.2 Å². The summed E-state index contributed by atoms with van der Waals surface area (Å²) in [4.78, 5) is 22.7. The zero-order chi connectivity index (χ0) is 26.3. The van der Waals surface area contributed by atoms with Gasteiger partial charge in [0.25, 0.3) is 15.9 Å². The molecule has 8 heteroatoms. The normalized spacial score (nSPS) is 16.2. The van der Waals surface area contributed by atoms with Crippen LogP contribution in [0.2, 0.25) is 0 Å². The van der Waals surface area contributed by atoms with Crippen LogP contribution in [0.1, 0.15) is 66.6 Å². The number of amides is 1. The van der Waals surface area contributed by atoms with Crippen LogP contribution in [0, 0.1) is 0 Å². The van der Waals surface area contributed by atoms with Gasteiger partial charge in [-0.2, -0.15) is 0 Å². The average Bonchev–Trinajstić information content (AvgIpc) is 3.32. The van der Waals surface area contributed by atoms with E-state index in [2.05, 4.69) is 39.4 Å². The van der Waals surface area contributed by atoms with Gasteiger partial charge in [0, 0.05) is 29.3 Å². The van der Waals surface area contributed by atoms with Gasteiger partial charge in [-0.1, -0.05) is 49.6 Å². The molecule has 1 N–H and O–H groups in total. The number of carbonyl (C=O) groups excluding carboxylic acids is 1. The topological polar surface area (TPSA) is 93.4 Å². The summed E-state index contributed by atoms with van der Waals surface area (Å²) in [5.41, 5.74) is 6.63. The highest BCUT2D eigenvalue weighted by atomic mass is 32.2. The van der Waals surface area contributed by atoms with Gasteiger partial charge >= 0.3 is 0 Å². The molecule has 0 unspecified atom stereocenters. The average molecular weight is 527 g/mol. The van der Waals surface area contributed by atoms with E-state index in [1.54, 1.807) is 30.3 Å². The lowest BCUT2D eigenvalue weighted by Gasteiger charge is -2.26. The van der Waals surface area contributed by atoms with Gasteiger partial charge < -0.3 is 4.57 Å². The number of hydrogen-bond donors (Lipinski definition) is 1. The number of hydrogen-bond acceptors (Lipinski definition) is 5. The molecule has 4 aromatic rings. The molecule has 6 rings (SSSR count).